The zero-order valence-electron chi connectivity index (χ0n) is 15.8. The smallest absolute Gasteiger partial charge is 0.227 e. The Morgan fingerprint density at radius 3 is 2.44 bits per heavy atom. The fourth-order valence-electron chi connectivity index (χ4n) is 3.39. The number of carbonyl (C=O) groups excluding carboxylic acids is 2. The Hall–Kier alpha value is -2.33. The Bertz CT molecular complexity index is 842. The lowest BCUT2D eigenvalue weighted by atomic mass is 9.95. The second kappa shape index (κ2) is 8.57. The average molecular weight is 385 g/mol. The molecule has 1 aliphatic heterocycles. The quantitative estimate of drug-likeness (QED) is 0.850. The van der Waals surface area contributed by atoms with Crippen molar-refractivity contribution in [1.82, 2.24) is 4.90 Å². The van der Waals surface area contributed by atoms with Crippen molar-refractivity contribution in [1.29, 1.82) is 0 Å². The summed E-state index contributed by atoms with van der Waals surface area (Å²) >= 11 is 6.12. The third-order valence-corrected chi connectivity index (χ3v) is 5.67. The van der Waals surface area contributed by atoms with Gasteiger partial charge in [-0.3, -0.25) is 9.59 Å². The van der Waals surface area contributed by atoms with Crippen molar-refractivity contribution in [3.8, 4) is 0 Å². The molecule has 0 radical (unpaired) electrons. The van der Waals surface area contributed by atoms with Crippen molar-refractivity contribution in [3.63, 3.8) is 0 Å². The Kier molecular flexibility index (Phi) is 6.17. The van der Waals surface area contributed by atoms with Crippen LogP contribution in [0.25, 0.3) is 0 Å². The number of rotatable bonds is 4. The molecule has 1 heterocycles. The summed E-state index contributed by atoms with van der Waals surface area (Å²) in [6, 6.07) is 13.5. The molecule has 3 rings (SSSR count). The first-order chi connectivity index (χ1) is 12.9. The van der Waals surface area contributed by atoms with Crippen LogP contribution in [0.4, 0.5) is 5.69 Å². The molecule has 2 aromatic carbocycles. The SMILES string of the molecule is Cc1ccc(NC(=O)C2CCN(C(=O)Cc3ccccc3C)CC2)cc1Cl. The van der Waals surface area contributed by atoms with Crippen LogP contribution in [0, 0.1) is 19.8 Å². The number of likely N-dealkylation sites (tertiary alicyclic amines) is 1. The molecule has 0 aliphatic carbocycles. The molecule has 0 unspecified atom stereocenters. The highest BCUT2D eigenvalue weighted by atomic mass is 35.5. The lowest BCUT2D eigenvalue weighted by molar-refractivity contribution is -0.133. The zero-order chi connectivity index (χ0) is 19.4. The summed E-state index contributed by atoms with van der Waals surface area (Å²) < 4.78 is 0. The predicted molar refractivity (Wildman–Crippen MR) is 109 cm³/mol. The van der Waals surface area contributed by atoms with E-state index in [9.17, 15) is 9.59 Å². The Labute approximate surface area is 165 Å². The van der Waals surface area contributed by atoms with Gasteiger partial charge in [0, 0.05) is 29.7 Å². The monoisotopic (exact) mass is 384 g/mol. The van der Waals surface area contributed by atoms with Crippen molar-refractivity contribution in [2.75, 3.05) is 18.4 Å². The highest BCUT2D eigenvalue weighted by molar-refractivity contribution is 6.31. The molecule has 0 bridgehead atoms. The van der Waals surface area contributed by atoms with E-state index in [0.717, 1.165) is 16.7 Å². The molecule has 2 amide bonds. The summed E-state index contributed by atoms with van der Waals surface area (Å²) in [5.41, 5.74) is 3.90. The number of nitrogens with zero attached hydrogens (tertiary/aromatic N) is 1. The van der Waals surface area contributed by atoms with Crippen LogP contribution in [0.5, 0.6) is 0 Å². The number of anilines is 1. The Morgan fingerprint density at radius 2 is 1.78 bits per heavy atom. The first kappa shape index (κ1) is 19.4. The van der Waals surface area contributed by atoms with Crippen LogP contribution in [0.1, 0.15) is 29.5 Å². The molecule has 0 atom stereocenters. The van der Waals surface area contributed by atoms with Gasteiger partial charge in [-0.25, -0.2) is 0 Å². The van der Waals surface area contributed by atoms with E-state index in [-0.39, 0.29) is 17.7 Å². The molecular weight excluding hydrogens is 360 g/mol. The maximum absolute atomic E-state index is 12.6. The number of carbonyl (C=O) groups is 2. The van der Waals surface area contributed by atoms with E-state index >= 15 is 0 Å². The summed E-state index contributed by atoms with van der Waals surface area (Å²) in [4.78, 5) is 27.0. The van der Waals surface area contributed by atoms with E-state index in [1.807, 2.05) is 55.1 Å². The molecule has 1 N–H and O–H groups in total. The van der Waals surface area contributed by atoms with Crippen LogP contribution < -0.4 is 5.32 Å². The molecule has 142 valence electrons. The van der Waals surface area contributed by atoms with Crippen LogP contribution in [0.2, 0.25) is 5.02 Å². The largest absolute Gasteiger partial charge is 0.342 e. The standard InChI is InChI=1S/C22H25ClN2O2/c1-15-5-3-4-6-18(15)13-21(26)25-11-9-17(10-12-25)22(27)24-19-8-7-16(2)20(23)14-19/h3-8,14,17H,9-13H2,1-2H3,(H,24,27). The summed E-state index contributed by atoms with van der Waals surface area (Å²) in [6.07, 6.45) is 1.79. The summed E-state index contributed by atoms with van der Waals surface area (Å²) in [6.45, 7) is 5.20. The Morgan fingerprint density at radius 1 is 1.07 bits per heavy atom. The molecule has 5 heteroatoms. The number of hydrogen-bond donors (Lipinski definition) is 1. The van der Waals surface area contributed by atoms with E-state index in [1.54, 1.807) is 6.07 Å². The average Bonchev–Trinajstić information content (AvgIpc) is 2.66. The van der Waals surface area contributed by atoms with Gasteiger partial charge in [-0.1, -0.05) is 41.9 Å². The van der Waals surface area contributed by atoms with Gasteiger partial charge in [0.1, 0.15) is 0 Å². The van der Waals surface area contributed by atoms with Crippen LogP contribution in [-0.2, 0) is 16.0 Å². The second-order valence-electron chi connectivity index (χ2n) is 7.21. The minimum Gasteiger partial charge on any atom is -0.342 e. The van der Waals surface area contributed by atoms with Gasteiger partial charge >= 0.3 is 0 Å². The van der Waals surface area contributed by atoms with E-state index < -0.39 is 0 Å². The van der Waals surface area contributed by atoms with E-state index in [4.69, 9.17) is 11.6 Å². The minimum atomic E-state index is -0.0763. The molecule has 0 aromatic heterocycles. The number of halogens is 1. The number of nitrogens with one attached hydrogen (secondary N) is 1. The van der Waals surface area contributed by atoms with Gasteiger partial charge in [0.05, 0.1) is 6.42 Å². The highest BCUT2D eigenvalue weighted by Gasteiger charge is 2.27. The van der Waals surface area contributed by atoms with Crippen LogP contribution in [-0.4, -0.2) is 29.8 Å². The fraction of sp³-hybridized carbons (Fsp3) is 0.364. The topological polar surface area (TPSA) is 49.4 Å². The van der Waals surface area contributed by atoms with Gasteiger partial charge in [0.2, 0.25) is 11.8 Å². The van der Waals surface area contributed by atoms with Crippen LogP contribution in [0.3, 0.4) is 0 Å². The third kappa shape index (κ3) is 4.89. The Balaban J connectivity index is 1.52. The summed E-state index contributed by atoms with van der Waals surface area (Å²) in [5, 5.41) is 3.59. The third-order valence-electron chi connectivity index (χ3n) is 5.26. The lowest BCUT2D eigenvalue weighted by Crippen LogP contribution is -2.42. The van der Waals surface area contributed by atoms with E-state index in [0.29, 0.717) is 43.1 Å². The van der Waals surface area contributed by atoms with Gasteiger partial charge < -0.3 is 10.2 Å². The number of piperidine rings is 1. The molecular formula is C22H25ClN2O2. The van der Waals surface area contributed by atoms with Gasteiger partial charge in [-0.2, -0.15) is 0 Å². The lowest BCUT2D eigenvalue weighted by Gasteiger charge is -2.31. The molecule has 0 saturated carbocycles. The molecule has 0 spiro atoms. The van der Waals surface area contributed by atoms with Crippen LogP contribution in [0.15, 0.2) is 42.5 Å². The molecule has 2 aromatic rings. The summed E-state index contributed by atoms with van der Waals surface area (Å²) in [7, 11) is 0. The maximum atomic E-state index is 12.6. The van der Waals surface area contributed by atoms with Crippen molar-refractivity contribution in [2.45, 2.75) is 33.1 Å². The number of benzene rings is 2. The fourth-order valence-corrected chi connectivity index (χ4v) is 3.57. The van der Waals surface area contributed by atoms with Crippen molar-refractivity contribution < 1.29 is 9.59 Å². The van der Waals surface area contributed by atoms with E-state index in [2.05, 4.69) is 5.32 Å². The molecule has 4 nitrogen and oxygen atoms in total. The first-order valence-electron chi connectivity index (χ1n) is 9.33. The summed E-state index contributed by atoms with van der Waals surface area (Å²) in [5.74, 6) is 0.0574. The normalized spacial score (nSPS) is 14.9. The number of hydrogen-bond acceptors (Lipinski definition) is 2. The maximum Gasteiger partial charge on any atom is 0.227 e. The number of amides is 2. The number of aryl methyl sites for hydroxylation is 2. The van der Waals surface area contributed by atoms with Gasteiger partial charge in [0.15, 0.2) is 0 Å². The van der Waals surface area contributed by atoms with Crippen molar-refractivity contribution in [2.24, 2.45) is 5.92 Å². The van der Waals surface area contributed by atoms with Crippen molar-refractivity contribution in [3.05, 3.63) is 64.2 Å². The van der Waals surface area contributed by atoms with Crippen LogP contribution >= 0.6 is 11.6 Å². The zero-order valence-corrected chi connectivity index (χ0v) is 16.6. The first-order valence-corrected chi connectivity index (χ1v) is 9.71. The minimum absolute atomic E-state index is 0.000854. The molecule has 1 saturated heterocycles. The van der Waals surface area contributed by atoms with Gasteiger partial charge in [-0.15, -0.1) is 0 Å². The molecule has 1 fully saturated rings. The molecule has 27 heavy (non-hydrogen) atoms. The second-order valence-corrected chi connectivity index (χ2v) is 7.62. The highest BCUT2D eigenvalue weighted by Crippen LogP contribution is 2.23. The predicted octanol–water partition coefficient (Wildman–Crippen LogP) is 4.38. The van der Waals surface area contributed by atoms with Gasteiger partial charge in [0.25, 0.3) is 0 Å². The van der Waals surface area contributed by atoms with Gasteiger partial charge in [-0.05, 0) is 55.5 Å². The molecule has 1 aliphatic rings. The van der Waals surface area contributed by atoms with E-state index in [1.165, 1.54) is 0 Å². The van der Waals surface area contributed by atoms with Crippen molar-refractivity contribution >= 4 is 29.1 Å².